The molecule has 1 aromatic heterocycles. The van der Waals surface area contributed by atoms with Crippen molar-refractivity contribution in [2.75, 3.05) is 23.8 Å². The smallest absolute Gasteiger partial charge is 0.267 e. The number of fused-ring (bicyclic) bond motifs is 1. The summed E-state index contributed by atoms with van der Waals surface area (Å²) < 4.78 is 34.0. The minimum absolute atomic E-state index is 0.0840. The summed E-state index contributed by atoms with van der Waals surface area (Å²) in [5.74, 6) is -0.122. The van der Waals surface area contributed by atoms with Gasteiger partial charge in [-0.1, -0.05) is 18.2 Å². The van der Waals surface area contributed by atoms with E-state index in [1.54, 1.807) is 66.7 Å². The molecule has 7 nitrogen and oxygen atoms in total. The summed E-state index contributed by atoms with van der Waals surface area (Å²) in [5, 5.41) is 3.56. The molecule has 0 spiro atoms. The lowest BCUT2D eigenvalue weighted by Crippen LogP contribution is -2.27. The molecule has 4 rings (SSSR count). The van der Waals surface area contributed by atoms with E-state index in [0.717, 1.165) is 15.6 Å². The Morgan fingerprint density at radius 1 is 1.00 bits per heavy atom. The largest absolute Gasteiger partial charge is 0.495 e. The highest BCUT2D eigenvalue weighted by Crippen LogP contribution is 2.34. The van der Waals surface area contributed by atoms with Crippen LogP contribution >= 0.6 is 11.3 Å². The second-order valence-corrected chi connectivity index (χ2v) is 11.1. The fourth-order valence-corrected chi connectivity index (χ4v) is 5.98. The number of ketones is 1. The Balaban J connectivity index is 1.62. The van der Waals surface area contributed by atoms with Crippen LogP contribution in [0.1, 0.15) is 32.5 Å². The van der Waals surface area contributed by atoms with Gasteiger partial charge in [-0.3, -0.25) is 13.9 Å². The molecule has 0 bridgehead atoms. The van der Waals surface area contributed by atoms with Gasteiger partial charge in [0.1, 0.15) is 10.6 Å². The maximum absolute atomic E-state index is 13.4. The summed E-state index contributed by atoms with van der Waals surface area (Å²) in [7, 11) is -0.961. The van der Waals surface area contributed by atoms with Gasteiger partial charge in [0.2, 0.25) is 0 Å². The molecule has 0 unspecified atom stereocenters. The Bertz CT molecular complexity index is 1560. The fourth-order valence-electron chi connectivity index (χ4n) is 3.62. The van der Waals surface area contributed by atoms with Gasteiger partial charge in [0, 0.05) is 23.0 Å². The molecule has 1 amide bonds. The van der Waals surface area contributed by atoms with Gasteiger partial charge in [-0.15, -0.1) is 11.3 Å². The summed E-state index contributed by atoms with van der Waals surface area (Å²) >= 11 is 1.30. The predicted molar refractivity (Wildman–Crippen MR) is 140 cm³/mol. The Hall–Kier alpha value is -3.69. The highest BCUT2D eigenvalue weighted by molar-refractivity contribution is 7.93. The maximum Gasteiger partial charge on any atom is 0.267 e. The first-order valence-electron chi connectivity index (χ1n) is 10.7. The molecular weight excluding hydrogens is 484 g/mol. The van der Waals surface area contributed by atoms with Crippen molar-refractivity contribution in [3.05, 3.63) is 82.7 Å². The van der Waals surface area contributed by atoms with E-state index < -0.39 is 10.0 Å². The number of benzene rings is 3. The van der Waals surface area contributed by atoms with E-state index in [-0.39, 0.29) is 22.3 Å². The molecule has 1 heterocycles. The van der Waals surface area contributed by atoms with Gasteiger partial charge < -0.3 is 10.1 Å². The molecule has 35 heavy (non-hydrogen) atoms. The normalized spacial score (nSPS) is 11.3. The van der Waals surface area contributed by atoms with E-state index in [2.05, 4.69) is 5.32 Å². The number of ether oxygens (including phenoxy) is 1. The molecule has 0 saturated carbocycles. The van der Waals surface area contributed by atoms with Crippen LogP contribution in [0.2, 0.25) is 0 Å². The lowest BCUT2D eigenvalue weighted by atomic mass is 10.1. The number of thiophene rings is 1. The number of methoxy groups -OCH3 is 1. The van der Waals surface area contributed by atoms with E-state index in [0.29, 0.717) is 21.8 Å². The SMILES string of the molecule is COc1ccc(C)cc1S(=O)(=O)N(C)c1ccc2sc(C(=O)Nc3cccc(C(C)=O)c3)cc2c1. The monoisotopic (exact) mass is 508 g/mol. The van der Waals surface area contributed by atoms with E-state index in [9.17, 15) is 18.0 Å². The number of sulfonamides is 1. The van der Waals surface area contributed by atoms with Crippen LogP contribution in [0.3, 0.4) is 0 Å². The van der Waals surface area contributed by atoms with Crippen LogP contribution in [0.25, 0.3) is 10.1 Å². The van der Waals surface area contributed by atoms with Crippen LogP contribution in [0, 0.1) is 6.92 Å². The van der Waals surface area contributed by atoms with Gasteiger partial charge in [0.25, 0.3) is 15.9 Å². The van der Waals surface area contributed by atoms with Crippen molar-refractivity contribution in [3.8, 4) is 5.75 Å². The second-order valence-electron chi connectivity index (χ2n) is 8.05. The molecule has 9 heteroatoms. The summed E-state index contributed by atoms with van der Waals surface area (Å²) in [6.45, 7) is 3.29. The molecule has 0 aliphatic heterocycles. The van der Waals surface area contributed by atoms with Crippen molar-refractivity contribution in [1.82, 2.24) is 0 Å². The van der Waals surface area contributed by atoms with Crippen LogP contribution in [-0.2, 0) is 10.0 Å². The summed E-state index contributed by atoms with van der Waals surface area (Å²) in [5.41, 5.74) is 2.30. The van der Waals surface area contributed by atoms with Crippen molar-refractivity contribution < 1.29 is 22.7 Å². The quantitative estimate of drug-likeness (QED) is 0.333. The lowest BCUT2D eigenvalue weighted by Gasteiger charge is -2.21. The van der Waals surface area contributed by atoms with E-state index >= 15 is 0 Å². The van der Waals surface area contributed by atoms with Gasteiger partial charge >= 0.3 is 0 Å². The Kier molecular flexibility index (Phi) is 6.64. The Morgan fingerprint density at radius 2 is 1.77 bits per heavy atom. The maximum atomic E-state index is 13.4. The van der Waals surface area contributed by atoms with Gasteiger partial charge in [-0.05, 0) is 73.3 Å². The number of nitrogens with one attached hydrogen (secondary N) is 1. The molecule has 0 aliphatic carbocycles. The van der Waals surface area contributed by atoms with E-state index in [1.807, 2.05) is 6.92 Å². The molecule has 0 atom stereocenters. The van der Waals surface area contributed by atoms with E-state index in [4.69, 9.17) is 4.74 Å². The average Bonchev–Trinajstić information content (AvgIpc) is 3.27. The Labute approximate surface area is 208 Å². The van der Waals surface area contributed by atoms with Gasteiger partial charge in [-0.25, -0.2) is 8.42 Å². The molecule has 3 aromatic carbocycles. The third-order valence-corrected chi connectivity index (χ3v) is 8.49. The number of nitrogens with zero attached hydrogens (tertiary/aromatic N) is 1. The molecule has 0 radical (unpaired) electrons. The van der Waals surface area contributed by atoms with Crippen molar-refractivity contribution >= 4 is 54.5 Å². The molecule has 0 fully saturated rings. The topological polar surface area (TPSA) is 92.8 Å². The van der Waals surface area contributed by atoms with Crippen molar-refractivity contribution in [2.24, 2.45) is 0 Å². The third-order valence-electron chi connectivity index (χ3n) is 5.57. The average molecular weight is 509 g/mol. The number of Topliss-reactive ketones (excluding diaryl/α,β-unsaturated/α-hetero) is 1. The first-order valence-corrected chi connectivity index (χ1v) is 13.0. The Morgan fingerprint density at radius 3 is 2.49 bits per heavy atom. The zero-order valence-corrected chi connectivity index (χ0v) is 21.3. The summed E-state index contributed by atoms with van der Waals surface area (Å²) in [4.78, 5) is 25.0. The van der Waals surface area contributed by atoms with Crippen LogP contribution in [-0.4, -0.2) is 34.3 Å². The highest BCUT2D eigenvalue weighted by Gasteiger charge is 2.26. The number of carbonyl (C=O) groups is 2. The number of rotatable bonds is 7. The minimum atomic E-state index is -3.88. The summed E-state index contributed by atoms with van der Waals surface area (Å²) in [6, 6.07) is 18.7. The standard InChI is InChI=1S/C26H24N2O5S2/c1-16-8-10-22(33-4)25(12-16)35(31,32)28(3)21-9-11-23-19(14-21)15-24(34-23)26(30)27-20-7-5-6-18(13-20)17(2)29/h5-15H,1-4H3,(H,27,30). The molecule has 4 aromatic rings. The van der Waals surface area contributed by atoms with Crippen molar-refractivity contribution in [3.63, 3.8) is 0 Å². The number of anilines is 2. The second kappa shape index (κ2) is 9.52. The number of aryl methyl sites for hydroxylation is 1. The zero-order chi connectivity index (χ0) is 25.3. The minimum Gasteiger partial charge on any atom is -0.495 e. The third kappa shape index (κ3) is 4.91. The zero-order valence-electron chi connectivity index (χ0n) is 19.7. The van der Waals surface area contributed by atoms with Crippen molar-refractivity contribution in [2.45, 2.75) is 18.7 Å². The first-order chi connectivity index (χ1) is 16.6. The van der Waals surface area contributed by atoms with Crippen LogP contribution in [0.4, 0.5) is 11.4 Å². The van der Waals surface area contributed by atoms with Crippen LogP contribution in [0.5, 0.6) is 5.75 Å². The van der Waals surface area contributed by atoms with Gasteiger partial charge in [0.05, 0.1) is 17.7 Å². The first kappa shape index (κ1) is 24.4. The molecular formula is C26H24N2O5S2. The molecule has 180 valence electrons. The van der Waals surface area contributed by atoms with E-state index in [1.165, 1.54) is 36.7 Å². The number of amides is 1. The molecule has 1 N–H and O–H groups in total. The van der Waals surface area contributed by atoms with Gasteiger partial charge in [-0.2, -0.15) is 0 Å². The molecule has 0 aliphatic rings. The van der Waals surface area contributed by atoms with Gasteiger partial charge in [0.15, 0.2) is 5.78 Å². The van der Waals surface area contributed by atoms with Crippen LogP contribution < -0.4 is 14.4 Å². The van der Waals surface area contributed by atoms with Crippen molar-refractivity contribution in [1.29, 1.82) is 0 Å². The fraction of sp³-hybridized carbons (Fsp3) is 0.154. The number of carbonyl (C=O) groups excluding carboxylic acids is 2. The predicted octanol–water partition coefficient (Wildman–Crippen LogP) is 5.50. The number of hydrogen-bond donors (Lipinski definition) is 1. The molecule has 0 saturated heterocycles. The number of hydrogen-bond acceptors (Lipinski definition) is 6. The lowest BCUT2D eigenvalue weighted by molar-refractivity contribution is 0.101. The highest BCUT2D eigenvalue weighted by atomic mass is 32.2. The van der Waals surface area contributed by atoms with Crippen LogP contribution in [0.15, 0.2) is 71.6 Å². The summed E-state index contributed by atoms with van der Waals surface area (Å²) in [6.07, 6.45) is 0.